The van der Waals surface area contributed by atoms with Gasteiger partial charge in [-0.15, -0.1) is 0 Å². The molecule has 1 aromatic heterocycles. The van der Waals surface area contributed by atoms with Gasteiger partial charge in [-0.1, -0.05) is 61.9 Å². The van der Waals surface area contributed by atoms with Crippen LogP contribution in [-0.2, 0) is 6.54 Å². The zero-order chi connectivity index (χ0) is 15.7. The maximum atomic E-state index is 12.5. The summed E-state index contributed by atoms with van der Waals surface area (Å²) in [6, 6.07) is 16.7. The lowest BCUT2D eigenvalue weighted by molar-refractivity contribution is 0.0941. The minimum Gasteiger partial charge on any atom is -0.342 e. The van der Waals surface area contributed by atoms with Crippen LogP contribution < -0.4 is 0 Å². The number of rotatable bonds is 4. The Morgan fingerprint density at radius 3 is 2.41 bits per heavy atom. The van der Waals surface area contributed by atoms with Gasteiger partial charge < -0.3 is 4.57 Å². The van der Waals surface area contributed by atoms with Crippen LogP contribution >= 0.6 is 0 Å². The van der Waals surface area contributed by atoms with E-state index in [2.05, 4.69) is 41.8 Å². The molecule has 1 heterocycles. The lowest BCUT2D eigenvalue weighted by Gasteiger charge is -2.06. The second kappa shape index (κ2) is 5.80. The standard InChI is InChI=1S/C20H21NO/c1-14(2)20(22)18-13-21(19-7-5-4-6-17(18)19)12-16-10-8-15(3)9-11-16/h4-11,13-14H,12H2,1-3H3. The van der Waals surface area contributed by atoms with Crippen LogP contribution in [0.25, 0.3) is 10.9 Å². The number of Topliss-reactive ketones (excluding diaryl/α,β-unsaturated/α-hetero) is 1. The maximum Gasteiger partial charge on any atom is 0.167 e. The van der Waals surface area contributed by atoms with Gasteiger partial charge in [-0.2, -0.15) is 0 Å². The normalized spacial score (nSPS) is 11.3. The van der Waals surface area contributed by atoms with Gasteiger partial charge in [0.15, 0.2) is 5.78 Å². The molecule has 0 unspecified atom stereocenters. The molecule has 3 aromatic rings. The molecule has 2 nitrogen and oxygen atoms in total. The van der Waals surface area contributed by atoms with Gasteiger partial charge in [-0.25, -0.2) is 0 Å². The molecule has 2 aromatic carbocycles. The highest BCUT2D eigenvalue weighted by Gasteiger charge is 2.17. The third-order valence-electron chi connectivity index (χ3n) is 4.05. The predicted molar refractivity (Wildman–Crippen MR) is 91.4 cm³/mol. The molecule has 0 saturated carbocycles. The van der Waals surface area contributed by atoms with Gasteiger partial charge in [0.2, 0.25) is 0 Å². The summed E-state index contributed by atoms with van der Waals surface area (Å²) in [5.41, 5.74) is 4.46. The Morgan fingerprint density at radius 1 is 1.05 bits per heavy atom. The Hall–Kier alpha value is -2.35. The molecule has 2 heteroatoms. The van der Waals surface area contributed by atoms with Crippen molar-refractivity contribution in [3.63, 3.8) is 0 Å². The molecule has 0 spiro atoms. The summed E-state index contributed by atoms with van der Waals surface area (Å²) in [6.07, 6.45) is 2.01. The number of aromatic nitrogens is 1. The van der Waals surface area contributed by atoms with Crippen molar-refractivity contribution in [3.05, 3.63) is 71.4 Å². The van der Waals surface area contributed by atoms with Crippen LogP contribution in [0.3, 0.4) is 0 Å². The SMILES string of the molecule is Cc1ccc(Cn2cc(C(=O)C(C)C)c3ccccc32)cc1. The molecule has 0 aliphatic carbocycles. The first-order valence-electron chi connectivity index (χ1n) is 7.74. The molecule has 0 atom stereocenters. The van der Waals surface area contributed by atoms with Gasteiger partial charge in [0, 0.05) is 35.1 Å². The summed E-state index contributed by atoms with van der Waals surface area (Å²) in [4.78, 5) is 12.5. The zero-order valence-corrected chi connectivity index (χ0v) is 13.3. The number of hydrogen-bond donors (Lipinski definition) is 0. The van der Waals surface area contributed by atoms with E-state index in [0.29, 0.717) is 0 Å². The number of carbonyl (C=O) groups is 1. The van der Waals surface area contributed by atoms with Crippen molar-refractivity contribution >= 4 is 16.7 Å². The minimum atomic E-state index is 0.0126. The highest BCUT2D eigenvalue weighted by molar-refractivity contribution is 6.08. The van der Waals surface area contributed by atoms with Crippen molar-refractivity contribution in [3.8, 4) is 0 Å². The van der Waals surface area contributed by atoms with Gasteiger partial charge in [-0.3, -0.25) is 4.79 Å². The fraction of sp³-hybridized carbons (Fsp3) is 0.250. The summed E-state index contributed by atoms with van der Waals surface area (Å²) in [5.74, 6) is 0.220. The van der Waals surface area contributed by atoms with Gasteiger partial charge in [-0.05, 0) is 18.6 Å². The second-order valence-corrected chi connectivity index (χ2v) is 6.19. The number of aryl methyl sites for hydroxylation is 1. The molecular formula is C20H21NO. The monoisotopic (exact) mass is 291 g/mol. The average Bonchev–Trinajstić information content (AvgIpc) is 2.88. The Morgan fingerprint density at radius 2 is 1.73 bits per heavy atom. The topological polar surface area (TPSA) is 22.0 Å². The summed E-state index contributed by atoms with van der Waals surface area (Å²) in [6.45, 7) is 6.78. The van der Waals surface area contributed by atoms with E-state index in [0.717, 1.165) is 23.0 Å². The minimum absolute atomic E-state index is 0.0126. The fourth-order valence-corrected chi connectivity index (χ4v) is 2.78. The Labute approximate surface area is 131 Å². The van der Waals surface area contributed by atoms with Crippen LogP contribution in [0, 0.1) is 12.8 Å². The summed E-state index contributed by atoms with van der Waals surface area (Å²) in [7, 11) is 0. The first-order valence-corrected chi connectivity index (χ1v) is 7.74. The molecule has 0 N–H and O–H groups in total. The predicted octanol–water partition coefficient (Wildman–Crippen LogP) is 4.84. The Balaban J connectivity index is 2.06. The van der Waals surface area contributed by atoms with Crippen LogP contribution in [0.15, 0.2) is 54.7 Å². The molecule has 112 valence electrons. The Bertz CT molecular complexity index is 809. The van der Waals surface area contributed by atoms with E-state index in [-0.39, 0.29) is 11.7 Å². The maximum absolute atomic E-state index is 12.5. The largest absolute Gasteiger partial charge is 0.342 e. The number of hydrogen-bond acceptors (Lipinski definition) is 1. The van der Waals surface area contributed by atoms with Crippen molar-refractivity contribution in [2.24, 2.45) is 5.92 Å². The van der Waals surface area contributed by atoms with Crippen molar-refractivity contribution in [2.75, 3.05) is 0 Å². The van der Waals surface area contributed by atoms with E-state index in [1.165, 1.54) is 11.1 Å². The van der Waals surface area contributed by atoms with Gasteiger partial charge in [0.1, 0.15) is 0 Å². The molecule has 0 aliphatic rings. The lowest BCUT2D eigenvalue weighted by Crippen LogP contribution is -2.06. The third kappa shape index (κ3) is 2.69. The van der Waals surface area contributed by atoms with E-state index >= 15 is 0 Å². The first-order chi connectivity index (χ1) is 10.6. The Kier molecular flexibility index (Phi) is 3.84. The number of benzene rings is 2. The molecule has 0 fully saturated rings. The van der Waals surface area contributed by atoms with E-state index in [9.17, 15) is 4.79 Å². The van der Waals surface area contributed by atoms with Gasteiger partial charge in [0.05, 0.1) is 0 Å². The molecule has 0 bridgehead atoms. The van der Waals surface area contributed by atoms with Gasteiger partial charge >= 0.3 is 0 Å². The highest BCUT2D eigenvalue weighted by atomic mass is 16.1. The summed E-state index contributed by atoms with van der Waals surface area (Å²) >= 11 is 0. The first kappa shape index (κ1) is 14.6. The second-order valence-electron chi connectivity index (χ2n) is 6.19. The van der Waals surface area contributed by atoms with Crippen LogP contribution in [0.4, 0.5) is 0 Å². The van der Waals surface area contributed by atoms with Crippen LogP contribution in [-0.4, -0.2) is 10.4 Å². The molecule has 22 heavy (non-hydrogen) atoms. The summed E-state index contributed by atoms with van der Waals surface area (Å²) < 4.78 is 2.18. The van der Waals surface area contributed by atoms with Crippen molar-refractivity contribution in [1.82, 2.24) is 4.57 Å². The molecular weight excluding hydrogens is 270 g/mol. The van der Waals surface area contributed by atoms with E-state index in [1.807, 2.05) is 38.2 Å². The van der Waals surface area contributed by atoms with Crippen molar-refractivity contribution < 1.29 is 4.79 Å². The third-order valence-corrected chi connectivity index (χ3v) is 4.05. The van der Waals surface area contributed by atoms with Gasteiger partial charge in [0.25, 0.3) is 0 Å². The quantitative estimate of drug-likeness (QED) is 0.631. The van der Waals surface area contributed by atoms with Crippen LogP contribution in [0.2, 0.25) is 0 Å². The molecule has 0 aliphatic heterocycles. The highest BCUT2D eigenvalue weighted by Crippen LogP contribution is 2.24. The summed E-state index contributed by atoms with van der Waals surface area (Å²) in [5, 5.41) is 1.05. The van der Waals surface area contributed by atoms with E-state index < -0.39 is 0 Å². The number of fused-ring (bicyclic) bond motifs is 1. The molecule has 3 rings (SSSR count). The van der Waals surface area contributed by atoms with Crippen LogP contribution in [0.5, 0.6) is 0 Å². The molecule has 0 saturated heterocycles. The van der Waals surface area contributed by atoms with Crippen molar-refractivity contribution in [2.45, 2.75) is 27.3 Å². The fourth-order valence-electron chi connectivity index (χ4n) is 2.78. The zero-order valence-electron chi connectivity index (χ0n) is 13.3. The molecule has 0 radical (unpaired) electrons. The molecule has 0 amide bonds. The number of para-hydroxylation sites is 1. The smallest absolute Gasteiger partial charge is 0.167 e. The number of nitrogens with zero attached hydrogens (tertiary/aromatic N) is 1. The number of carbonyl (C=O) groups excluding carboxylic acids is 1. The van der Waals surface area contributed by atoms with E-state index in [1.54, 1.807) is 0 Å². The van der Waals surface area contributed by atoms with Crippen LogP contribution in [0.1, 0.15) is 35.3 Å². The van der Waals surface area contributed by atoms with Crippen molar-refractivity contribution in [1.29, 1.82) is 0 Å². The van der Waals surface area contributed by atoms with E-state index in [4.69, 9.17) is 0 Å². The average molecular weight is 291 g/mol. The number of ketones is 1. The lowest BCUT2D eigenvalue weighted by atomic mass is 10.0.